The molecule has 1 aromatic carbocycles. The van der Waals surface area contributed by atoms with Crippen molar-refractivity contribution in [3.05, 3.63) is 35.4 Å². The second-order valence-electron chi connectivity index (χ2n) is 6.09. The molecule has 1 aliphatic heterocycles. The topological polar surface area (TPSA) is 46.1 Å². The molecule has 1 unspecified atom stereocenters. The number of hydrogen-bond donors (Lipinski definition) is 1. The number of hydrogen-bond acceptors (Lipinski definition) is 3. The SMILES string of the molecule is CN=C(NCCc1c(F)cccc1F)N1CCC(COCCOC)C1. The van der Waals surface area contributed by atoms with Crippen LogP contribution in [-0.2, 0) is 15.9 Å². The Hall–Kier alpha value is -1.73. The number of benzene rings is 1. The van der Waals surface area contributed by atoms with E-state index >= 15 is 0 Å². The normalized spacial score (nSPS) is 18.0. The number of likely N-dealkylation sites (tertiary alicyclic amines) is 1. The number of rotatable bonds is 8. The van der Waals surface area contributed by atoms with E-state index in [4.69, 9.17) is 9.47 Å². The zero-order valence-corrected chi connectivity index (χ0v) is 14.9. The minimum Gasteiger partial charge on any atom is -0.382 e. The first kappa shape index (κ1) is 19.6. The molecular formula is C18H27F2N3O2. The van der Waals surface area contributed by atoms with E-state index in [1.54, 1.807) is 14.2 Å². The highest BCUT2D eigenvalue weighted by atomic mass is 19.1. The van der Waals surface area contributed by atoms with Crippen molar-refractivity contribution in [1.82, 2.24) is 10.2 Å². The Kier molecular flexibility index (Phi) is 8.08. The minimum atomic E-state index is -0.508. The third-order valence-electron chi connectivity index (χ3n) is 4.30. The number of nitrogens with one attached hydrogen (secondary N) is 1. The summed E-state index contributed by atoms with van der Waals surface area (Å²) in [4.78, 5) is 6.43. The van der Waals surface area contributed by atoms with Gasteiger partial charge in [-0.1, -0.05) is 6.07 Å². The molecule has 0 aliphatic carbocycles. The van der Waals surface area contributed by atoms with E-state index in [1.807, 2.05) is 0 Å². The van der Waals surface area contributed by atoms with E-state index in [2.05, 4.69) is 15.2 Å². The Morgan fingerprint density at radius 3 is 2.76 bits per heavy atom. The summed E-state index contributed by atoms with van der Waals surface area (Å²) in [6, 6.07) is 3.93. The maximum Gasteiger partial charge on any atom is 0.193 e. The highest BCUT2D eigenvalue weighted by Crippen LogP contribution is 2.17. The van der Waals surface area contributed by atoms with Gasteiger partial charge >= 0.3 is 0 Å². The van der Waals surface area contributed by atoms with Crippen molar-refractivity contribution < 1.29 is 18.3 Å². The second kappa shape index (κ2) is 10.3. The molecule has 1 N–H and O–H groups in total. The van der Waals surface area contributed by atoms with E-state index in [0.717, 1.165) is 25.5 Å². The van der Waals surface area contributed by atoms with Gasteiger partial charge in [-0.3, -0.25) is 4.99 Å². The third kappa shape index (κ3) is 5.93. The first-order chi connectivity index (χ1) is 12.2. The van der Waals surface area contributed by atoms with Crippen LogP contribution < -0.4 is 5.32 Å². The number of halogens is 2. The molecule has 0 amide bonds. The largest absolute Gasteiger partial charge is 0.382 e. The zero-order valence-electron chi connectivity index (χ0n) is 14.9. The van der Waals surface area contributed by atoms with Crippen molar-refractivity contribution in [2.45, 2.75) is 12.8 Å². The lowest BCUT2D eigenvalue weighted by Gasteiger charge is -2.22. The van der Waals surface area contributed by atoms with Crippen LogP contribution >= 0.6 is 0 Å². The van der Waals surface area contributed by atoms with Gasteiger partial charge in [0.1, 0.15) is 11.6 Å². The fraction of sp³-hybridized carbons (Fsp3) is 0.611. The van der Waals surface area contributed by atoms with E-state index < -0.39 is 11.6 Å². The van der Waals surface area contributed by atoms with E-state index in [0.29, 0.717) is 32.3 Å². The molecule has 1 aliphatic rings. The third-order valence-corrected chi connectivity index (χ3v) is 4.30. The van der Waals surface area contributed by atoms with Crippen LogP contribution in [0.2, 0.25) is 0 Å². The monoisotopic (exact) mass is 355 g/mol. The van der Waals surface area contributed by atoms with Crippen molar-refractivity contribution in [1.29, 1.82) is 0 Å². The van der Waals surface area contributed by atoms with Crippen LogP contribution in [0.3, 0.4) is 0 Å². The lowest BCUT2D eigenvalue weighted by atomic mass is 10.1. The summed E-state index contributed by atoms with van der Waals surface area (Å²) >= 11 is 0. The molecule has 7 heteroatoms. The summed E-state index contributed by atoms with van der Waals surface area (Å²) in [5.74, 6) is 0.202. The van der Waals surface area contributed by atoms with Crippen LogP contribution in [-0.4, -0.2) is 64.5 Å². The van der Waals surface area contributed by atoms with Gasteiger partial charge in [0.05, 0.1) is 19.8 Å². The summed E-state index contributed by atoms with van der Waals surface area (Å²) < 4.78 is 37.9. The van der Waals surface area contributed by atoms with Crippen LogP contribution in [0.15, 0.2) is 23.2 Å². The number of nitrogens with zero attached hydrogens (tertiary/aromatic N) is 2. The van der Waals surface area contributed by atoms with E-state index in [9.17, 15) is 8.78 Å². The molecule has 1 fully saturated rings. The van der Waals surface area contributed by atoms with Crippen LogP contribution in [0, 0.1) is 17.6 Å². The van der Waals surface area contributed by atoms with E-state index in [1.165, 1.54) is 18.2 Å². The highest BCUT2D eigenvalue weighted by Gasteiger charge is 2.24. The van der Waals surface area contributed by atoms with Crippen molar-refractivity contribution in [2.75, 3.05) is 53.6 Å². The van der Waals surface area contributed by atoms with Crippen molar-refractivity contribution in [2.24, 2.45) is 10.9 Å². The fourth-order valence-electron chi connectivity index (χ4n) is 2.96. The van der Waals surface area contributed by atoms with Crippen LogP contribution in [0.5, 0.6) is 0 Å². The van der Waals surface area contributed by atoms with Gasteiger partial charge < -0.3 is 19.7 Å². The number of aliphatic imine (C=N–C) groups is 1. The average Bonchev–Trinajstić information content (AvgIpc) is 3.06. The predicted molar refractivity (Wildman–Crippen MR) is 93.8 cm³/mol. The Bertz CT molecular complexity index is 549. The molecule has 25 heavy (non-hydrogen) atoms. The highest BCUT2D eigenvalue weighted by molar-refractivity contribution is 5.80. The van der Waals surface area contributed by atoms with Gasteiger partial charge in [-0.25, -0.2) is 8.78 Å². The Morgan fingerprint density at radius 1 is 1.32 bits per heavy atom. The van der Waals surface area contributed by atoms with Crippen molar-refractivity contribution in [3.8, 4) is 0 Å². The summed E-state index contributed by atoms with van der Waals surface area (Å²) in [5.41, 5.74) is 0.108. The summed E-state index contributed by atoms with van der Waals surface area (Å²) in [6.45, 7) is 4.10. The van der Waals surface area contributed by atoms with Gasteiger partial charge in [0, 0.05) is 45.3 Å². The molecule has 2 rings (SSSR count). The molecule has 5 nitrogen and oxygen atoms in total. The molecule has 0 spiro atoms. The van der Waals surface area contributed by atoms with Gasteiger partial charge in [0.15, 0.2) is 5.96 Å². The number of ether oxygens (including phenoxy) is 2. The van der Waals surface area contributed by atoms with Gasteiger partial charge in [0.2, 0.25) is 0 Å². The average molecular weight is 355 g/mol. The molecule has 1 heterocycles. The molecule has 0 radical (unpaired) electrons. The fourth-order valence-corrected chi connectivity index (χ4v) is 2.96. The first-order valence-corrected chi connectivity index (χ1v) is 8.60. The molecule has 0 bridgehead atoms. The van der Waals surface area contributed by atoms with E-state index in [-0.39, 0.29) is 12.0 Å². The standard InChI is InChI=1S/C18H27F2N3O2/c1-21-18(22-8-6-15-16(19)4-3-5-17(15)20)23-9-7-14(12-23)13-25-11-10-24-2/h3-5,14H,6-13H2,1-2H3,(H,21,22). The van der Waals surface area contributed by atoms with Crippen molar-refractivity contribution >= 4 is 5.96 Å². The Morgan fingerprint density at radius 2 is 2.08 bits per heavy atom. The summed E-state index contributed by atoms with van der Waals surface area (Å²) in [5, 5.41) is 3.19. The molecule has 0 aromatic heterocycles. The number of methoxy groups -OCH3 is 1. The Balaban J connectivity index is 1.75. The molecule has 1 atom stereocenters. The molecule has 0 saturated carbocycles. The van der Waals surface area contributed by atoms with Crippen LogP contribution in [0.25, 0.3) is 0 Å². The smallest absolute Gasteiger partial charge is 0.193 e. The van der Waals surface area contributed by atoms with Crippen LogP contribution in [0.1, 0.15) is 12.0 Å². The lowest BCUT2D eigenvalue weighted by molar-refractivity contribution is 0.0536. The first-order valence-electron chi connectivity index (χ1n) is 8.60. The number of guanidine groups is 1. The van der Waals surface area contributed by atoms with Gasteiger partial charge in [-0.2, -0.15) is 0 Å². The van der Waals surface area contributed by atoms with Crippen molar-refractivity contribution in [3.63, 3.8) is 0 Å². The minimum absolute atomic E-state index is 0.108. The zero-order chi connectivity index (χ0) is 18.1. The van der Waals surface area contributed by atoms with Gasteiger partial charge in [-0.05, 0) is 25.0 Å². The Labute approximate surface area is 148 Å². The van der Waals surface area contributed by atoms with Crippen LogP contribution in [0.4, 0.5) is 8.78 Å². The van der Waals surface area contributed by atoms with Gasteiger partial charge in [-0.15, -0.1) is 0 Å². The molecule has 1 saturated heterocycles. The quantitative estimate of drug-likeness (QED) is 0.441. The predicted octanol–water partition coefficient (Wildman–Crippen LogP) is 2.07. The lowest BCUT2D eigenvalue weighted by Crippen LogP contribution is -2.41. The summed E-state index contributed by atoms with van der Waals surface area (Å²) in [7, 11) is 3.37. The second-order valence-corrected chi connectivity index (χ2v) is 6.09. The van der Waals surface area contributed by atoms with Gasteiger partial charge in [0.25, 0.3) is 0 Å². The summed E-state index contributed by atoms with van der Waals surface area (Å²) in [6.07, 6.45) is 1.31. The molecule has 1 aromatic rings. The maximum atomic E-state index is 13.7. The molecular weight excluding hydrogens is 328 g/mol. The maximum absolute atomic E-state index is 13.7. The molecule has 140 valence electrons.